The third-order valence-electron chi connectivity index (χ3n) is 4.73. The smallest absolute Gasteiger partial charge is 0.467 e. The fourth-order valence-corrected chi connectivity index (χ4v) is 4.25. The van der Waals surface area contributed by atoms with Crippen molar-refractivity contribution in [1.29, 1.82) is 0 Å². The number of hydrogen-bond donors (Lipinski definition) is 1. The summed E-state index contributed by atoms with van der Waals surface area (Å²) in [6.07, 6.45) is 0.792. The number of rotatable bonds is 6. The summed E-state index contributed by atoms with van der Waals surface area (Å²) in [6.45, 7) is -0.452. The summed E-state index contributed by atoms with van der Waals surface area (Å²) in [7, 11) is 0. The number of nitrogens with one attached hydrogen (secondary N) is 1. The third-order valence-corrected chi connectivity index (χ3v) is 5.66. The first-order valence-electron chi connectivity index (χ1n) is 9.10. The zero-order valence-corrected chi connectivity index (χ0v) is 15.9. The number of halogens is 3. The van der Waals surface area contributed by atoms with Crippen LogP contribution in [0.2, 0.25) is 0 Å². The van der Waals surface area contributed by atoms with Crippen molar-refractivity contribution in [1.82, 2.24) is 10.2 Å². The second kappa shape index (κ2) is 8.81. The Balaban J connectivity index is 1.91. The summed E-state index contributed by atoms with van der Waals surface area (Å²) < 4.78 is 45.0. The van der Waals surface area contributed by atoms with Gasteiger partial charge >= 0.3 is 12.1 Å². The van der Waals surface area contributed by atoms with Crippen LogP contribution in [0, 0.1) is 0 Å². The lowest BCUT2D eigenvalue weighted by Crippen LogP contribution is -2.49. The second-order valence-corrected chi connectivity index (χ2v) is 7.75. The Hall–Kier alpha value is -2.29. The van der Waals surface area contributed by atoms with Crippen molar-refractivity contribution in [2.75, 3.05) is 0 Å². The van der Waals surface area contributed by atoms with Gasteiger partial charge in [-0.05, 0) is 36.4 Å². The van der Waals surface area contributed by atoms with Crippen LogP contribution >= 0.6 is 11.3 Å². The number of hydrogen-bond acceptors (Lipinski definition) is 4. The SMILES string of the molecule is O=C(NC1CCCCC1)C(c1cccs1)N(Cc1ccco1)C(=O)C(F)(F)F. The molecule has 2 aromatic rings. The molecule has 1 atom stereocenters. The van der Waals surface area contributed by atoms with Crippen LogP contribution in [0.15, 0.2) is 40.3 Å². The summed E-state index contributed by atoms with van der Waals surface area (Å²) in [5, 5.41) is 4.52. The molecular formula is C19H21F3N2O3S. The molecule has 152 valence electrons. The van der Waals surface area contributed by atoms with Crippen LogP contribution in [0.3, 0.4) is 0 Å². The Bertz CT molecular complexity index is 769. The summed E-state index contributed by atoms with van der Waals surface area (Å²) in [6, 6.07) is 4.74. The highest BCUT2D eigenvalue weighted by molar-refractivity contribution is 7.10. The van der Waals surface area contributed by atoms with Crippen LogP contribution in [0.5, 0.6) is 0 Å². The van der Waals surface area contributed by atoms with Gasteiger partial charge in [0.05, 0.1) is 12.8 Å². The van der Waals surface area contributed by atoms with Crippen LogP contribution in [-0.4, -0.2) is 28.9 Å². The quantitative estimate of drug-likeness (QED) is 0.761. The van der Waals surface area contributed by atoms with Gasteiger partial charge < -0.3 is 14.6 Å². The number of furan rings is 1. The third kappa shape index (κ3) is 4.95. The Morgan fingerprint density at radius 3 is 2.54 bits per heavy atom. The topological polar surface area (TPSA) is 62.6 Å². The molecule has 28 heavy (non-hydrogen) atoms. The first-order chi connectivity index (χ1) is 13.4. The number of carbonyl (C=O) groups excluding carboxylic acids is 2. The number of thiophene rings is 1. The number of amides is 2. The van der Waals surface area contributed by atoms with E-state index in [4.69, 9.17) is 4.42 Å². The number of alkyl halides is 3. The van der Waals surface area contributed by atoms with Crippen molar-refractivity contribution < 1.29 is 27.2 Å². The van der Waals surface area contributed by atoms with E-state index < -0.39 is 30.6 Å². The van der Waals surface area contributed by atoms with E-state index in [1.807, 2.05) is 0 Å². The molecule has 0 spiro atoms. The molecule has 5 nitrogen and oxygen atoms in total. The summed E-state index contributed by atoms with van der Waals surface area (Å²) in [5.74, 6) is -2.50. The molecule has 1 aliphatic rings. The molecule has 2 amide bonds. The molecule has 1 aliphatic carbocycles. The van der Waals surface area contributed by atoms with Gasteiger partial charge in [0.25, 0.3) is 0 Å². The first-order valence-corrected chi connectivity index (χ1v) is 9.98. The Labute approximate surface area is 164 Å². The molecule has 2 heterocycles. The molecule has 0 aliphatic heterocycles. The minimum atomic E-state index is -5.10. The average Bonchev–Trinajstić information content (AvgIpc) is 3.35. The highest BCUT2D eigenvalue weighted by Gasteiger charge is 2.47. The normalized spacial score (nSPS) is 16.5. The maximum atomic E-state index is 13.3. The minimum absolute atomic E-state index is 0.0878. The lowest BCUT2D eigenvalue weighted by molar-refractivity contribution is -0.189. The van der Waals surface area contributed by atoms with Gasteiger partial charge in [-0.25, -0.2) is 0 Å². The van der Waals surface area contributed by atoms with Gasteiger partial charge in [0.15, 0.2) is 0 Å². The van der Waals surface area contributed by atoms with E-state index in [-0.39, 0.29) is 11.8 Å². The van der Waals surface area contributed by atoms with Gasteiger partial charge in [-0.1, -0.05) is 25.3 Å². The first kappa shape index (κ1) is 20.4. The lowest BCUT2D eigenvalue weighted by atomic mass is 9.95. The molecule has 2 aromatic heterocycles. The maximum absolute atomic E-state index is 13.3. The van der Waals surface area contributed by atoms with Crippen molar-refractivity contribution in [2.45, 2.75) is 56.9 Å². The monoisotopic (exact) mass is 414 g/mol. The largest absolute Gasteiger partial charge is 0.471 e. The van der Waals surface area contributed by atoms with Crippen molar-refractivity contribution in [2.24, 2.45) is 0 Å². The van der Waals surface area contributed by atoms with Crippen molar-refractivity contribution in [3.8, 4) is 0 Å². The van der Waals surface area contributed by atoms with E-state index in [1.165, 1.54) is 18.4 Å². The standard InChI is InChI=1S/C19H21F3N2O3S/c20-19(21,22)18(26)24(12-14-8-4-10-27-14)16(15-9-5-11-28-15)17(25)23-13-6-2-1-3-7-13/h4-5,8-11,13,16H,1-3,6-7,12H2,(H,23,25). The van der Waals surface area contributed by atoms with E-state index in [1.54, 1.807) is 17.5 Å². The van der Waals surface area contributed by atoms with Gasteiger partial charge in [0.1, 0.15) is 11.8 Å². The van der Waals surface area contributed by atoms with Crippen molar-refractivity contribution >= 4 is 23.2 Å². The minimum Gasteiger partial charge on any atom is -0.467 e. The molecule has 0 bridgehead atoms. The van der Waals surface area contributed by atoms with Crippen molar-refractivity contribution in [3.05, 3.63) is 46.5 Å². The van der Waals surface area contributed by atoms with Crippen LogP contribution < -0.4 is 5.32 Å². The fourth-order valence-electron chi connectivity index (χ4n) is 3.41. The second-order valence-electron chi connectivity index (χ2n) is 6.77. The summed E-state index contributed by atoms with van der Waals surface area (Å²) in [4.78, 5) is 26.1. The van der Waals surface area contributed by atoms with Crippen molar-refractivity contribution in [3.63, 3.8) is 0 Å². The average molecular weight is 414 g/mol. The molecule has 1 unspecified atom stereocenters. The Kier molecular flexibility index (Phi) is 6.43. The molecule has 3 rings (SSSR count). The molecule has 0 aromatic carbocycles. The van der Waals surface area contributed by atoms with Gasteiger partial charge in [0, 0.05) is 10.9 Å². The van der Waals surface area contributed by atoms with E-state index >= 15 is 0 Å². The molecule has 9 heteroatoms. The van der Waals surface area contributed by atoms with Gasteiger partial charge in [0.2, 0.25) is 5.91 Å². The zero-order chi connectivity index (χ0) is 20.1. The molecule has 0 saturated heterocycles. The van der Waals surface area contributed by atoms with Crippen LogP contribution in [0.1, 0.15) is 48.8 Å². The van der Waals surface area contributed by atoms with Gasteiger partial charge in [-0.2, -0.15) is 13.2 Å². The summed E-state index contributed by atoms with van der Waals surface area (Å²) in [5.41, 5.74) is 0. The lowest BCUT2D eigenvalue weighted by Gasteiger charge is -2.32. The predicted molar refractivity (Wildman–Crippen MR) is 97.4 cm³/mol. The Morgan fingerprint density at radius 1 is 1.21 bits per heavy atom. The maximum Gasteiger partial charge on any atom is 0.471 e. The van der Waals surface area contributed by atoms with Crippen LogP contribution in [0.25, 0.3) is 0 Å². The molecular weight excluding hydrogens is 393 g/mol. The van der Waals surface area contributed by atoms with Gasteiger partial charge in [-0.15, -0.1) is 11.3 Å². The van der Waals surface area contributed by atoms with Crippen LogP contribution in [0.4, 0.5) is 13.2 Å². The van der Waals surface area contributed by atoms with Crippen LogP contribution in [-0.2, 0) is 16.1 Å². The predicted octanol–water partition coefficient (Wildman–Crippen LogP) is 4.42. The summed E-state index contributed by atoms with van der Waals surface area (Å²) >= 11 is 1.14. The molecule has 1 saturated carbocycles. The van der Waals surface area contributed by atoms with E-state index in [2.05, 4.69) is 5.32 Å². The molecule has 1 N–H and O–H groups in total. The molecule has 0 radical (unpaired) electrons. The number of nitrogens with zero attached hydrogens (tertiary/aromatic N) is 1. The zero-order valence-electron chi connectivity index (χ0n) is 15.1. The number of carbonyl (C=O) groups is 2. The molecule has 1 fully saturated rings. The Morgan fingerprint density at radius 2 is 1.96 bits per heavy atom. The fraction of sp³-hybridized carbons (Fsp3) is 0.474. The van der Waals surface area contributed by atoms with Gasteiger partial charge in [-0.3, -0.25) is 9.59 Å². The van der Waals surface area contributed by atoms with E-state index in [0.29, 0.717) is 9.78 Å². The van der Waals surface area contributed by atoms with E-state index in [0.717, 1.165) is 43.4 Å². The highest BCUT2D eigenvalue weighted by Crippen LogP contribution is 2.32. The van der Waals surface area contributed by atoms with E-state index in [9.17, 15) is 22.8 Å². The highest BCUT2D eigenvalue weighted by atomic mass is 32.1.